The molecule has 2 aliphatic rings. The summed E-state index contributed by atoms with van der Waals surface area (Å²) < 4.78 is 29.5. The summed E-state index contributed by atoms with van der Waals surface area (Å²) in [5.74, 6) is 2.02. The van der Waals surface area contributed by atoms with Gasteiger partial charge in [-0.2, -0.15) is 14.0 Å². The topological polar surface area (TPSA) is 90.7 Å². The molecule has 4 aromatic rings. The van der Waals surface area contributed by atoms with Crippen LogP contribution in [-0.4, -0.2) is 39.6 Å². The van der Waals surface area contributed by atoms with Crippen molar-refractivity contribution in [3.05, 3.63) is 88.8 Å². The number of halogens is 2. The van der Waals surface area contributed by atoms with Gasteiger partial charge < -0.3 is 14.6 Å². The number of allylic oxidation sites excluding steroid dienone is 1. The van der Waals surface area contributed by atoms with Crippen molar-refractivity contribution in [1.29, 1.82) is 5.26 Å². The Balaban J connectivity index is 1.18. The predicted octanol–water partition coefficient (Wildman–Crippen LogP) is 6.30. The average molecular weight is 539 g/mol. The summed E-state index contributed by atoms with van der Waals surface area (Å²) in [6, 6.07) is 16.4. The molecule has 202 valence electrons. The quantitative estimate of drug-likeness (QED) is 0.310. The number of aryl methyl sites for hydroxylation is 1. The van der Waals surface area contributed by atoms with Gasteiger partial charge in [0.2, 0.25) is 0 Å². The van der Waals surface area contributed by atoms with Crippen LogP contribution in [0.3, 0.4) is 0 Å². The fourth-order valence-corrected chi connectivity index (χ4v) is 5.58. The number of benzene rings is 2. The van der Waals surface area contributed by atoms with Crippen LogP contribution in [0.1, 0.15) is 53.7 Å². The lowest BCUT2D eigenvalue weighted by Gasteiger charge is -2.39. The summed E-state index contributed by atoms with van der Waals surface area (Å²) in [5, 5.41) is 9.11. The van der Waals surface area contributed by atoms with Gasteiger partial charge >= 0.3 is 6.61 Å². The molecule has 1 aliphatic heterocycles. The number of H-pyrrole nitrogens is 1. The standard InChI is InChI=1S/C31H28F2N6O/c1-19-27(22-7-9-24(10-8-22)40-30(32)33)38-29(37-19)31(2)11-13-39(14-12-31)28-25-15-23(16-26(25)35-18-36-28)21-5-3-20(17-34)4-6-21/h3-10,15,18,30H,11-14,16H2,1-2H3,(H,37,38). The predicted molar refractivity (Wildman–Crippen MR) is 149 cm³/mol. The lowest BCUT2D eigenvalue weighted by atomic mass is 9.79. The van der Waals surface area contributed by atoms with E-state index in [0.717, 1.165) is 77.8 Å². The van der Waals surface area contributed by atoms with Crippen LogP contribution in [0.15, 0.2) is 54.9 Å². The zero-order chi connectivity index (χ0) is 27.9. The Morgan fingerprint density at radius 3 is 2.40 bits per heavy atom. The van der Waals surface area contributed by atoms with Gasteiger partial charge in [-0.15, -0.1) is 0 Å². The van der Waals surface area contributed by atoms with E-state index in [1.165, 1.54) is 17.7 Å². The fraction of sp³-hybridized carbons (Fsp3) is 0.290. The molecule has 0 spiro atoms. The average Bonchev–Trinajstić information content (AvgIpc) is 3.58. The molecule has 1 N–H and O–H groups in total. The summed E-state index contributed by atoms with van der Waals surface area (Å²) >= 11 is 0. The minimum Gasteiger partial charge on any atom is -0.435 e. The Morgan fingerprint density at radius 1 is 1.02 bits per heavy atom. The van der Waals surface area contributed by atoms with Gasteiger partial charge in [-0.25, -0.2) is 15.0 Å². The molecular weight excluding hydrogens is 510 g/mol. The van der Waals surface area contributed by atoms with Crippen LogP contribution in [0.25, 0.3) is 22.9 Å². The number of alkyl halides is 2. The first-order valence-corrected chi connectivity index (χ1v) is 13.3. The number of hydrogen-bond donors (Lipinski definition) is 1. The van der Waals surface area contributed by atoms with E-state index in [1.807, 2.05) is 31.2 Å². The number of piperidine rings is 1. The Hall–Kier alpha value is -4.58. The molecule has 1 saturated heterocycles. The lowest BCUT2D eigenvalue weighted by molar-refractivity contribution is -0.0498. The molecule has 40 heavy (non-hydrogen) atoms. The Kier molecular flexibility index (Phi) is 6.54. The van der Waals surface area contributed by atoms with Crippen molar-refractivity contribution in [2.75, 3.05) is 18.0 Å². The molecule has 0 radical (unpaired) electrons. The molecule has 0 saturated carbocycles. The number of anilines is 1. The van der Waals surface area contributed by atoms with Gasteiger partial charge in [-0.05, 0) is 73.4 Å². The van der Waals surface area contributed by atoms with Gasteiger partial charge in [0, 0.05) is 41.7 Å². The number of nitrogens with one attached hydrogen (secondary N) is 1. The van der Waals surface area contributed by atoms with Crippen LogP contribution in [0.2, 0.25) is 0 Å². The molecule has 9 heteroatoms. The monoisotopic (exact) mass is 538 g/mol. The number of imidazole rings is 1. The summed E-state index contributed by atoms with van der Waals surface area (Å²) in [5.41, 5.74) is 7.47. The van der Waals surface area contributed by atoms with Crippen LogP contribution >= 0.6 is 0 Å². The molecule has 2 aromatic heterocycles. The number of aromatic amines is 1. The van der Waals surface area contributed by atoms with E-state index in [1.54, 1.807) is 18.5 Å². The Labute approximate surface area is 231 Å². The molecule has 1 aliphatic carbocycles. The summed E-state index contributed by atoms with van der Waals surface area (Å²) in [4.78, 5) is 20.0. The van der Waals surface area contributed by atoms with Crippen molar-refractivity contribution in [3.8, 4) is 23.1 Å². The summed E-state index contributed by atoms with van der Waals surface area (Å²) in [6.07, 6.45) is 6.36. The van der Waals surface area contributed by atoms with E-state index >= 15 is 0 Å². The molecular formula is C31H28F2N6O. The molecule has 1 fully saturated rings. The van der Waals surface area contributed by atoms with Crippen LogP contribution in [0, 0.1) is 18.3 Å². The van der Waals surface area contributed by atoms with E-state index in [4.69, 9.17) is 10.2 Å². The van der Waals surface area contributed by atoms with Gasteiger partial charge in [0.05, 0.1) is 23.0 Å². The van der Waals surface area contributed by atoms with E-state index < -0.39 is 6.61 Å². The Bertz CT molecular complexity index is 1610. The van der Waals surface area contributed by atoms with Crippen molar-refractivity contribution in [1.82, 2.24) is 19.9 Å². The zero-order valence-corrected chi connectivity index (χ0v) is 22.3. The van der Waals surface area contributed by atoms with Crippen molar-refractivity contribution in [2.45, 2.75) is 45.1 Å². The third-order valence-electron chi connectivity index (χ3n) is 7.98. The number of ether oxygens (including phenoxy) is 1. The van der Waals surface area contributed by atoms with E-state index in [2.05, 4.69) is 43.7 Å². The molecule has 7 nitrogen and oxygen atoms in total. The van der Waals surface area contributed by atoms with Crippen LogP contribution in [0.5, 0.6) is 5.75 Å². The highest BCUT2D eigenvalue weighted by atomic mass is 19.3. The molecule has 3 heterocycles. The first-order chi connectivity index (χ1) is 19.3. The number of rotatable bonds is 6. The fourth-order valence-electron chi connectivity index (χ4n) is 5.58. The summed E-state index contributed by atoms with van der Waals surface area (Å²) in [7, 11) is 0. The number of nitriles is 1. The molecule has 0 unspecified atom stereocenters. The van der Waals surface area contributed by atoms with E-state index in [-0.39, 0.29) is 11.2 Å². The van der Waals surface area contributed by atoms with Crippen molar-refractivity contribution in [2.24, 2.45) is 0 Å². The highest BCUT2D eigenvalue weighted by Crippen LogP contribution is 2.40. The highest BCUT2D eigenvalue weighted by Gasteiger charge is 2.36. The third kappa shape index (κ3) is 4.81. The first-order valence-electron chi connectivity index (χ1n) is 13.3. The maximum Gasteiger partial charge on any atom is 0.387 e. The van der Waals surface area contributed by atoms with Crippen LogP contribution < -0.4 is 9.64 Å². The second kappa shape index (κ2) is 10.2. The van der Waals surface area contributed by atoms with Gasteiger partial charge in [0.25, 0.3) is 0 Å². The highest BCUT2D eigenvalue weighted by molar-refractivity contribution is 5.91. The second-order valence-electron chi connectivity index (χ2n) is 10.6. The Morgan fingerprint density at radius 2 is 1.73 bits per heavy atom. The zero-order valence-electron chi connectivity index (χ0n) is 22.3. The second-order valence-corrected chi connectivity index (χ2v) is 10.6. The van der Waals surface area contributed by atoms with Gasteiger partial charge in [-0.3, -0.25) is 0 Å². The van der Waals surface area contributed by atoms with Crippen molar-refractivity contribution < 1.29 is 13.5 Å². The van der Waals surface area contributed by atoms with Gasteiger partial charge in [-0.1, -0.05) is 19.1 Å². The molecule has 0 atom stereocenters. The molecule has 6 rings (SSSR count). The van der Waals surface area contributed by atoms with Crippen molar-refractivity contribution >= 4 is 17.5 Å². The number of hydrogen-bond acceptors (Lipinski definition) is 6. The van der Waals surface area contributed by atoms with Gasteiger partial charge in [0.1, 0.15) is 23.7 Å². The third-order valence-corrected chi connectivity index (χ3v) is 7.98. The van der Waals surface area contributed by atoms with E-state index in [0.29, 0.717) is 5.56 Å². The van der Waals surface area contributed by atoms with Crippen molar-refractivity contribution in [3.63, 3.8) is 0 Å². The minimum atomic E-state index is -2.85. The minimum absolute atomic E-state index is 0.126. The normalized spacial score (nSPS) is 16.0. The molecule has 0 amide bonds. The molecule has 2 aromatic carbocycles. The maximum absolute atomic E-state index is 12.5. The SMILES string of the molecule is Cc1[nH]c(C2(C)CCN(c3ncnc4c3C=C(c3ccc(C#N)cc3)C4)CC2)nc1-c1ccc(OC(F)F)cc1. The summed E-state index contributed by atoms with van der Waals surface area (Å²) in [6.45, 7) is 3.03. The van der Waals surface area contributed by atoms with Gasteiger partial charge in [0.15, 0.2) is 0 Å². The number of fused-ring (bicyclic) bond motifs is 1. The first kappa shape index (κ1) is 25.7. The maximum atomic E-state index is 12.5. The lowest BCUT2D eigenvalue weighted by Crippen LogP contribution is -2.42. The molecule has 0 bridgehead atoms. The smallest absolute Gasteiger partial charge is 0.387 e. The number of aromatic nitrogens is 4. The number of nitrogens with zero attached hydrogens (tertiary/aromatic N) is 5. The largest absolute Gasteiger partial charge is 0.435 e. The van der Waals surface area contributed by atoms with Crippen LogP contribution in [0.4, 0.5) is 14.6 Å². The van der Waals surface area contributed by atoms with E-state index in [9.17, 15) is 8.78 Å². The van der Waals surface area contributed by atoms with Crippen LogP contribution in [-0.2, 0) is 11.8 Å².